The molecule has 9 nitrogen and oxygen atoms in total. The first-order valence-corrected chi connectivity index (χ1v) is 30.8. The molecule has 0 saturated carbocycles. The first-order valence-electron chi connectivity index (χ1n) is 29.3. The number of allylic oxidation sites excluding steroid dienone is 11. The van der Waals surface area contributed by atoms with Crippen LogP contribution in [0.1, 0.15) is 252 Å². The fourth-order valence-corrected chi connectivity index (χ4v) is 8.84. The van der Waals surface area contributed by atoms with Gasteiger partial charge in [0.2, 0.25) is 5.91 Å². The van der Waals surface area contributed by atoms with E-state index in [1.807, 2.05) is 33.3 Å². The maximum Gasteiger partial charge on any atom is 0.472 e. The van der Waals surface area contributed by atoms with Gasteiger partial charge in [0, 0.05) is 12.8 Å². The van der Waals surface area contributed by atoms with Crippen molar-refractivity contribution in [2.24, 2.45) is 0 Å². The first kappa shape index (κ1) is 68.5. The molecule has 0 saturated heterocycles. The number of hydrogen-bond donors (Lipinski definition) is 2. The first-order chi connectivity index (χ1) is 34.4. The van der Waals surface area contributed by atoms with E-state index in [0.717, 1.165) is 103 Å². The summed E-state index contributed by atoms with van der Waals surface area (Å²) in [6.45, 7) is 6.85. The highest BCUT2D eigenvalue weighted by atomic mass is 31.2. The van der Waals surface area contributed by atoms with Gasteiger partial charge in [0.1, 0.15) is 19.3 Å². The van der Waals surface area contributed by atoms with Crippen LogP contribution >= 0.6 is 7.82 Å². The highest BCUT2D eigenvalue weighted by Gasteiger charge is 2.30. The van der Waals surface area contributed by atoms with E-state index in [0.29, 0.717) is 23.9 Å². The summed E-state index contributed by atoms with van der Waals surface area (Å²) in [5.41, 5.74) is 0. The molecule has 3 atom stereocenters. The van der Waals surface area contributed by atoms with Crippen LogP contribution in [0.2, 0.25) is 0 Å². The number of likely N-dealkylation sites (N-methyl/N-ethyl adjacent to an activating group) is 1. The van der Waals surface area contributed by atoms with Gasteiger partial charge in [-0.2, -0.15) is 0 Å². The fourth-order valence-electron chi connectivity index (χ4n) is 8.10. The van der Waals surface area contributed by atoms with Gasteiger partial charge in [0.05, 0.1) is 33.8 Å². The number of ether oxygens (including phenoxy) is 1. The SMILES string of the molecule is CC/C=C/C/C=C/C/C=C/CCCCCCC(=O)OC(/C=C\CCCCCCCCCCCC)C(COP(=O)(O)OCC[N+](C)(C)C)NC(=O)CCCCCCCCCCC/C=C\C/C=C\CCCCC. The van der Waals surface area contributed by atoms with Crippen LogP contribution in [0.5, 0.6) is 0 Å². The number of rotatable bonds is 52. The van der Waals surface area contributed by atoms with Gasteiger partial charge >= 0.3 is 13.8 Å². The van der Waals surface area contributed by atoms with Crippen LogP contribution < -0.4 is 5.32 Å². The molecule has 0 rings (SSSR count). The van der Waals surface area contributed by atoms with Crippen molar-refractivity contribution in [1.82, 2.24) is 5.32 Å². The van der Waals surface area contributed by atoms with Gasteiger partial charge in [0.15, 0.2) is 0 Å². The molecule has 0 bridgehead atoms. The Balaban J connectivity index is 5.33. The number of nitrogens with zero attached hydrogens (tertiary/aromatic N) is 1. The van der Waals surface area contributed by atoms with E-state index >= 15 is 0 Å². The van der Waals surface area contributed by atoms with Crippen LogP contribution in [0, 0.1) is 0 Å². The zero-order valence-corrected chi connectivity index (χ0v) is 47.8. The van der Waals surface area contributed by atoms with Crippen molar-refractivity contribution in [3.05, 3.63) is 72.9 Å². The van der Waals surface area contributed by atoms with Gasteiger partial charge in [-0.05, 0) is 96.0 Å². The number of unbranched alkanes of at least 4 members (excludes halogenated alkanes) is 26. The normalized spacial score (nSPS) is 14.3. The molecule has 0 aromatic heterocycles. The highest BCUT2D eigenvalue weighted by Crippen LogP contribution is 2.43. The van der Waals surface area contributed by atoms with Gasteiger partial charge < -0.3 is 19.4 Å². The monoisotopic (exact) mass is 1020 g/mol. The Labute approximate surface area is 438 Å². The zero-order valence-electron chi connectivity index (χ0n) is 47.0. The summed E-state index contributed by atoms with van der Waals surface area (Å²) in [4.78, 5) is 37.6. The Morgan fingerprint density at radius 2 is 0.901 bits per heavy atom. The van der Waals surface area contributed by atoms with Gasteiger partial charge in [-0.25, -0.2) is 4.57 Å². The molecule has 0 aliphatic heterocycles. The molecule has 0 aliphatic rings. The molecular formula is C61H112N2O7P+. The second-order valence-electron chi connectivity index (χ2n) is 20.8. The van der Waals surface area contributed by atoms with Crippen molar-refractivity contribution < 1.29 is 37.3 Å². The zero-order chi connectivity index (χ0) is 52.2. The van der Waals surface area contributed by atoms with Crippen molar-refractivity contribution in [3.8, 4) is 0 Å². The Morgan fingerprint density at radius 1 is 0.507 bits per heavy atom. The van der Waals surface area contributed by atoms with Crippen molar-refractivity contribution in [2.45, 2.75) is 264 Å². The minimum Gasteiger partial charge on any atom is -0.456 e. The summed E-state index contributed by atoms with van der Waals surface area (Å²) in [6.07, 6.45) is 64.6. The molecule has 412 valence electrons. The minimum atomic E-state index is -4.45. The summed E-state index contributed by atoms with van der Waals surface area (Å²) < 4.78 is 30.6. The van der Waals surface area contributed by atoms with Gasteiger partial charge in [-0.15, -0.1) is 0 Å². The second kappa shape index (κ2) is 51.0. The lowest BCUT2D eigenvalue weighted by atomic mass is 10.0. The van der Waals surface area contributed by atoms with E-state index in [9.17, 15) is 19.0 Å². The molecule has 10 heteroatoms. The second-order valence-corrected chi connectivity index (χ2v) is 22.2. The van der Waals surface area contributed by atoms with Crippen LogP contribution in [0.4, 0.5) is 0 Å². The summed E-state index contributed by atoms with van der Waals surface area (Å²) in [6, 6.07) is -0.861. The number of hydrogen-bond acceptors (Lipinski definition) is 6. The fraction of sp³-hybridized carbons (Fsp3) is 0.770. The summed E-state index contributed by atoms with van der Waals surface area (Å²) in [5, 5.41) is 3.04. The molecule has 0 spiro atoms. The Morgan fingerprint density at radius 3 is 1.38 bits per heavy atom. The Kier molecular flexibility index (Phi) is 49.1. The maximum absolute atomic E-state index is 13.5. The third kappa shape index (κ3) is 52.1. The molecule has 0 aromatic rings. The average Bonchev–Trinajstić information content (AvgIpc) is 3.33. The molecule has 0 aliphatic carbocycles. The number of carbonyl (C=O) groups is 2. The molecule has 1 amide bonds. The van der Waals surface area contributed by atoms with E-state index < -0.39 is 20.0 Å². The summed E-state index contributed by atoms with van der Waals surface area (Å²) in [5.74, 6) is -0.536. The number of carbonyl (C=O) groups excluding carboxylic acids is 2. The minimum absolute atomic E-state index is 0.0332. The molecule has 3 unspecified atom stereocenters. The quantitative estimate of drug-likeness (QED) is 0.0205. The number of nitrogens with one attached hydrogen (secondary N) is 1. The Bertz CT molecular complexity index is 1450. The van der Waals surface area contributed by atoms with E-state index in [1.165, 1.54) is 109 Å². The van der Waals surface area contributed by atoms with Crippen LogP contribution in [-0.2, 0) is 27.9 Å². The predicted octanol–water partition coefficient (Wildman–Crippen LogP) is 17.7. The third-order valence-electron chi connectivity index (χ3n) is 12.6. The third-order valence-corrected chi connectivity index (χ3v) is 13.6. The number of amides is 1. The van der Waals surface area contributed by atoms with E-state index in [-0.39, 0.29) is 31.5 Å². The van der Waals surface area contributed by atoms with Gasteiger partial charge in [-0.1, -0.05) is 216 Å². The standard InChI is InChI=1S/C61H111N2O7P/c1-7-10-13-16-19-22-25-28-30-31-32-33-34-35-38-41-44-47-50-53-60(64)62-58(57-69-71(66,67)68-56-55-63(4,5)6)59(52-49-46-43-40-37-27-24-21-18-15-12-9-3)70-61(65)54-51-48-45-42-39-36-29-26-23-20-17-14-11-8-2/h11,14,19-20,22-23,28-30,36,49,52,58-59H,7-10,12-13,15-18,21,24-27,31-35,37-48,50-51,53-57H2,1-6H3,(H-,62,64,66,67)/p+1/b14-11+,22-19-,23-20+,30-28-,36-29+,52-49-. The maximum atomic E-state index is 13.5. The molecule has 2 N–H and O–H groups in total. The molecule has 0 fully saturated rings. The lowest BCUT2D eigenvalue weighted by molar-refractivity contribution is -0.870. The summed E-state index contributed by atoms with van der Waals surface area (Å²) in [7, 11) is 1.47. The van der Waals surface area contributed by atoms with E-state index in [2.05, 4.69) is 86.8 Å². The molecule has 71 heavy (non-hydrogen) atoms. The molecule has 0 heterocycles. The predicted molar refractivity (Wildman–Crippen MR) is 305 cm³/mol. The number of phosphoric ester groups is 1. The summed E-state index contributed by atoms with van der Waals surface area (Å²) >= 11 is 0. The van der Waals surface area contributed by atoms with Gasteiger partial charge in [0.25, 0.3) is 0 Å². The smallest absolute Gasteiger partial charge is 0.456 e. The van der Waals surface area contributed by atoms with Crippen molar-refractivity contribution >= 4 is 19.7 Å². The van der Waals surface area contributed by atoms with E-state index in [1.54, 1.807) is 0 Å². The largest absolute Gasteiger partial charge is 0.472 e. The molecular weight excluding hydrogens is 904 g/mol. The Hall–Kier alpha value is -2.55. The van der Waals surface area contributed by atoms with Crippen LogP contribution in [-0.4, -0.2) is 74.3 Å². The van der Waals surface area contributed by atoms with E-state index in [4.69, 9.17) is 13.8 Å². The number of esters is 1. The lowest BCUT2D eigenvalue weighted by Crippen LogP contribution is -2.47. The average molecular weight is 1020 g/mol. The van der Waals surface area contributed by atoms with Crippen LogP contribution in [0.15, 0.2) is 72.9 Å². The molecule has 0 aromatic carbocycles. The van der Waals surface area contributed by atoms with Crippen molar-refractivity contribution in [2.75, 3.05) is 40.9 Å². The van der Waals surface area contributed by atoms with Crippen LogP contribution in [0.3, 0.4) is 0 Å². The highest BCUT2D eigenvalue weighted by molar-refractivity contribution is 7.47. The lowest BCUT2D eigenvalue weighted by Gasteiger charge is -2.27. The van der Waals surface area contributed by atoms with Crippen molar-refractivity contribution in [1.29, 1.82) is 0 Å². The topological polar surface area (TPSA) is 111 Å². The van der Waals surface area contributed by atoms with Crippen LogP contribution in [0.25, 0.3) is 0 Å². The van der Waals surface area contributed by atoms with Gasteiger partial charge in [-0.3, -0.25) is 18.6 Å². The number of phosphoric acid groups is 1. The molecule has 0 radical (unpaired) electrons. The number of quaternary nitrogens is 1. The van der Waals surface area contributed by atoms with Crippen molar-refractivity contribution in [3.63, 3.8) is 0 Å².